The van der Waals surface area contributed by atoms with Crippen molar-refractivity contribution in [1.82, 2.24) is 16.0 Å². The number of benzene rings is 1. The van der Waals surface area contributed by atoms with Gasteiger partial charge in [-0.05, 0) is 12.1 Å². The van der Waals surface area contributed by atoms with E-state index >= 15 is 0 Å². The van der Waals surface area contributed by atoms with Crippen molar-refractivity contribution < 1.29 is 9.59 Å². The van der Waals surface area contributed by atoms with Crippen LogP contribution < -0.4 is 16.0 Å². The SMILES string of the molecule is CNC(=O)NCNC(=O)c1ccccc1. The Morgan fingerprint density at radius 2 is 1.80 bits per heavy atom. The topological polar surface area (TPSA) is 70.2 Å². The van der Waals surface area contributed by atoms with Crippen LogP contribution in [0.4, 0.5) is 4.79 Å². The lowest BCUT2D eigenvalue weighted by Crippen LogP contribution is -2.41. The van der Waals surface area contributed by atoms with Crippen LogP contribution in [0.15, 0.2) is 30.3 Å². The van der Waals surface area contributed by atoms with Crippen molar-refractivity contribution in [1.29, 1.82) is 0 Å². The number of carbonyl (C=O) groups excluding carboxylic acids is 2. The maximum Gasteiger partial charge on any atom is 0.315 e. The van der Waals surface area contributed by atoms with E-state index in [9.17, 15) is 9.59 Å². The molecule has 0 fully saturated rings. The summed E-state index contributed by atoms with van der Waals surface area (Å²) >= 11 is 0. The summed E-state index contributed by atoms with van der Waals surface area (Å²) in [6.45, 7) is 0.105. The zero-order valence-corrected chi connectivity index (χ0v) is 8.41. The highest BCUT2D eigenvalue weighted by Gasteiger charge is 2.03. The van der Waals surface area contributed by atoms with Gasteiger partial charge in [0.05, 0.1) is 6.67 Å². The van der Waals surface area contributed by atoms with Crippen LogP contribution in [0.25, 0.3) is 0 Å². The lowest BCUT2D eigenvalue weighted by molar-refractivity contribution is 0.0952. The summed E-state index contributed by atoms with van der Waals surface area (Å²) in [4.78, 5) is 22.2. The number of hydrogen-bond acceptors (Lipinski definition) is 2. The minimum atomic E-state index is -0.330. The molecule has 0 unspecified atom stereocenters. The molecule has 3 amide bonds. The lowest BCUT2D eigenvalue weighted by Gasteiger charge is -2.06. The number of carbonyl (C=O) groups is 2. The van der Waals surface area contributed by atoms with E-state index in [0.29, 0.717) is 5.56 Å². The third kappa shape index (κ3) is 3.68. The van der Waals surface area contributed by atoms with E-state index in [1.54, 1.807) is 24.3 Å². The molecule has 1 rings (SSSR count). The van der Waals surface area contributed by atoms with Gasteiger partial charge in [0.2, 0.25) is 0 Å². The molecule has 0 aliphatic carbocycles. The van der Waals surface area contributed by atoms with E-state index in [1.807, 2.05) is 6.07 Å². The number of nitrogens with one attached hydrogen (secondary N) is 3. The summed E-state index contributed by atoms with van der Waals surface area (Å²) in [5.74, 6) is -0.216. The van der Waals surface area contributed by atoms with E-state index in [0.717, 1.165) is 0 Å². The molecule has 1 aromatic carbocycles. The molecule has 3 N–H and O–H groups in total. The van der Waals surface area contributed by atoms with Gasteiger partial charge in [-0.25, -0.2) is 4.79 Å². The molecular weight excluding hydrogens is 194 g/mol. The number of rotatable bonds is 3. The van der Waals surface area contributed by atoms with E-state index in [-0.39, 0.29) is 18.6 Å². The van der Waals surface area contributed by atoms with Gasteiger partial charge in [-0.2, -0.15) is 0 Å². The summed E-state index contributed by atoms with van der Waals surface area (Å²) in [7, 11) is 1.51. The van der Waals surface area contributed by atoms with Crippen molar-refractivity contribution in [3.05, 3.63) is 35.9 Å². The zero-order valence-electron chi connectivity index (χ0n) is 8.41. The van der Waals surface area contributed by atoms with Gasteiger partial charge in [0.15, 0.2) is 0 Å². The molecule has 80 valence electrons. The van der Waals surface area contributed by atoms with Gasteiger partial charge in [-0.1, -0.05) is 18.2 Å². The first-order valence-electron chi connectivity index (χ1n) is 4.53. The van der Waals surface area contributed by atoms with Gasteiger partial charge in [0.1, 0.15) is 0 Å². The van der Waals surface area contributed by atoms with Gasteiger partial charge in [-0.15, -0.1) is 0 Å². The first kappa shape index (κ1) is 11.0. The fourth-order valence-electron chi connectivity index (χ4n) is 0.985. The van der Waals surface area contributed by atoms with E-state index in [4.69, 9.17) is 0 Å². The molecule has 0 radical (unpaired) electrons. The molecular formula is C10H13N3O2. The zero-order chi connectivity index (χ0) is 11.1. The highest BCUT2D eigenvalue weighted by molar-refractivity contribution is 5.94. The Kier molecular flexibility index (Phi) is 4.15. The Hall–Kier alpha value is -2.04. The van der Waals surface area contributed by atoms with Crippen molar-refractivity contribution >= 4 is 11.9 Å². The predicted octanol–water partition coefficient (Wildman–Crippen LogP) is 0.303. The average molecular weight is 207 g/mol. The maximum absolute atomic E-state index is 11.4. The normalized spacial score (nSPS) is 9.13. The highest BCUT2D eigenvalue weighted by atomic mass is 16.2. The molecule has 0 aliphatic rings. The second-order valence-corrected chi connectivity index (χ2v) is 2.80. The number of urea groups is 1. The first-order chi connectivity index (χ1) is 7.24. The average Bonchev–Trinajstić information content (AvgIpc) is 2.29. The summed E-state index contributed by atoms with van der Waals surface area (Å²) in [6.07, 6.45) is 0. The van der Waals surface area contributed by atoms with E-state index in [2.05, 4.69) is 16.0 Å². The molecule has 5 nitrogen and oxygen atoms in total. The Bertz CT molecular complexity index is 338. The van der Waals surface area contributed by atoms with Crippen LogP contribution in [0.3, 0.4) is 0 Å². The van der Waals surface area contributed by atoms with Crippen LogP contribution in [0.5, 0.6) is 0 Å². The largest absolute Gasteiger partial charge is 0.341 e. The molecule has 0 aromatic heterocycles. The molecule has 5 heteroatoms. The van der Waals surface area contributed by atoms with Crippen molar-refractivity contribution in [2.45, 2.75) is 0 Å². The van der Waals surface area contributed by atoms with E-state index in [1.165, 1.54) is 7.05 Å². The molecule has 0 saturated carbocycles. The minimum absolute atomic E-state index is 0.105. The summed E-state index contributed by atoms with van der Waals surface area (Å²) in [5.41, 5.74) is 0.566. The molecule has 0 heterocycles. The van der Waals surface area contributed by atoms with Crippen LogP contribution in [0.1, 0.15) is 10.4 Å². The van der Waals surface area contributed by atoms with Gasteiger partial charge in [-0.3, -0.25) is 4.79 Å². The van der Waals surface area contributed by atoms with Crippen molar-refractivity contribution in [3.63, 3.8) is 0 Å². The van der Waals surface area contributed by atoms with E-state index < -0.39 is 0 Å². The third-order valence-electron chi connectivity index (χ3n) is 1.76. The first-order valence-corrected chi connectivity index (χ1v) is 4.53. The van der Waals surface area contributed by atoms with Crippen LogP contribution in [0, 0.1) is 0 Å². The predicted molar refractivity (Wildman–Crippen MR) is 56.4 cm³/mol. The fraction of sp³-hybridized carbons (Fsp3) is 0.200. The van der Waals surface area contributed by atoms with Gasteiger partial charge >= 0.3 is 6.03 Å². The summed E-state index contributed by atoms with van der Waals surface area (Å²) < 4.78 is 0. The standard InChI is InChI=1S/C10H13N3O2/c1-11-10(15)13-7-12-9(14)8-5-3-2-4-6-8/h2-6H,7H2,1H3,(H,12,14)(H2,11,13,15). The Morgan fingerprint density at radius 1 is 1.13 bits per heavy atom. The summed E-state index contributed by atoms with van der Waals surface area (Å²) in [5, 5.41) is 7.38. The maximum atomic E-state index is 11.4. The molecule has 0 spiro atoms. The van der Waals surface area contributed by atoms with Crippen molar-refractivity contribution in [2.24, 2.45) is 0 Å². The molecule has 1 aromatic rings. The second kappa shape index (κ2) is 5.64. The fourth-order valence-corrected chi connectivity index (χ4v) is 0.985. The van der Waals surface area contributed by atoms with Crippen molar-refractivity contribution in [2.75, 3.05) is 13.7 Å². The lowest BCUT2D eigenvalue weighted by atomic mass is 10.2. The summed E-state index contributed by atoms with van der Waals surface area (Å²) in [6, 6.07) is 8.47. The smallest absolute Gasteiger partial charge is 0.315 e. The third-order valence-corrected chi connectivity index (χ3v) is 1.76. The van der Waals surface area contributed by atoms with Gasteiger partial charge in [0, 0.05) is 12.6 Å². The molecule has 0 saturated heterocycles. The monoisotopic (exact) mass is 207 g/mol. The van der Waals surface area contributed by atoms with Crippen LogP contribution in [0.2, 0.25) is 0 Å². The highest BCUT2D eigenvalue weighted by Crippen LogP contribution is 1.96. The van der Waals surface area contributed by atoms with Crippen molar-refractivity contribution in [3.8, 4) is 0 Å². The molecule has 0 atom stereocenters. The quantitative estimate of drug-likeness (QED) is 0.624. The molecule has 15 heavy (non-hydrogen) atoms. The Labute approximate surface area is 87.9 Å². The van der Waals surface area contributed by atoms with Crippen LogP contribution in [-0.4, -0.2) is 25.7 Å². The molecule has 0 bridgehead atoms. The minimum Gasteiger partial charge on any atom is -0.341 e. The van der Waals surface area contributed by atoms with Gasteiger partial charge in [0.25, 0.3) is 5.91 Å². The second-order valence-electron chi connectivity index (χ2n) is 2.80. The van der Waals surface area contributed by atoms with Crippen LogP contribution in [-0.2, 0) is 0 Å². The Balaban J connectivity index is 2.34. The van der Waals surface area contributed by atoms with Crippen LogP contribution >= 0.6 is 0 Å². The molecule has 0 aliphatic heterocycles. The number of hydrogen-bond donors (Lipinski definition) is 3. The van der Waals surface area contributed by atoms with Gasteiger partial charge < -0.3 is 16.0 Å². The number of amides is 3. The Morgan fingerprint density at radius 3 is 2.40 bits per heavy atom.